The van der Waals surface area contributed by atoms with E-state index in [4.69, 9.17) is 0 Å². The summed E-state index contributed by atoms with van der Waals surface area (Å²) in [5.74, 6) is -0.0571. The number of hydrogen-bond donors (Lipinski definition) is 1. The van der Waals surface area contributed by atoms with Gasteiger partial charge in [0.15, 0.2) is 0 Å². The van der Waals surface area contributed by atoms with Gasteiger partial charge < -0.3 is 4.90 Å². The van der Waals surface area contributed by atoms with Gasteiger partial charge in [0.05, 0.1) is 10.5 Å². The number of hydrogen-bond acceptors (Lipinski definition) is 3. The highest BCUT2D eigenvalue weighted by Gasteiger charge is 2.31. The number of carbonyl (C=O) groups is 1. The minimum absolute atomic E-state index is 0.0571. The number of amides is 1. The third-order valence-electron chi connectivity index (χ3n) is 5.20. The number of nitrogens with one attached hydrogen (secondary N) is 1. The van der Waals surface area contributed by atoms with Gasteiger partial charge in [-0.15, -0.1) is 0 Å². The Morgan fingerprint density at radius 3 is 2.47 bits per heavy atom. The molecule has 2 aromatic carbocycles. The first-order valence-electron chi connectivity index (χ1n) is 9.65. The van der Waals surface area contributed by atoms with Crippen molar-refractivity contribution in [3.8, 4) is 0 Å². The predicted molar refractivity (Wildman–Crippen MR) is 106 cm³/mol. The van der Waals surface area contributed by atoms with E-state index in [1.54, 1.807) is 24.3 Å². The van der Waals surface area contributed by atoms with Gasteiger partial charge in [-0.2, -0.15) is 13.2 Å². The van der Waals surface area contributed by atoms with Crippen molar-refractivity contribution in [2.75, 3.05) is 6.54 Å². The fourth-order valence-corrected chi connectivity index (χ4v) is 4.50. The molecule has 2 aromatic rings. The van der Waals surface area contributed by atoms with E-state index >= 15 is 0 Å². The summed E-state index contributed by atoms with van der Waals surface area (Å²) in [5, 5.41) is 0. The molecule has 1 fully saturated rings. The molecular weight excluding hydrogens is 417 g/mol. The first-order valence-corrected chi connectivity index (χ1v) is 11.1. The van der Waals surface area contributed by atoms with Crippen LogP contribution in [0.1, 0.15) is 47.7 Å². The number of alkyl halides is 3. The van der Waals surface area contributed by atoms with E-state index in [1.165, 1.54) is 0 Å². The number of nitrogens with zero attached hydrogens (tertiary/aromatic N) is 1. The van der Waals surface area contributed by atoms with Gasteiger partial charge in [0, 0.05) is 24.7 Å². The van der Waals surface area contributed by atoms with E-state index < -0.39 is 26.7 Å². The van der Waals surface area contributed by atoms with Crippen LogP contribution in [0, 0.1) is 0 Å². The largest absolute Gasteiger partial charge is 0.416 e. The van der Waals surface area contributed by atoms with Crippen LogP contribution in [0.3, 0.4) is 0 Å². The number of carbonyl (C=O) groups excluding carboxylic acids is 1. The summed E-state index contributed by atoms with van der Waals surface area (Å²) in [7, 11) is -4.12. The molecule has 3 rings (SSSR count). The normalized spacial score (nSPS) is 17.7. The van der Waals surface area contributed by atoms with Gasteiger partial charge in [-0.25, -0.2) is 13.1 Å². The molecule has 0 aliphatic carbocycles. The van der Waals surface area contributed by atoms with Gasteiger partial charge in [0.2, 0.25) is 10.0 Å². The third-order valence-corrected chi connectivity index (χ3v) is 6.60. The van der Waals surface area contributed by atoms with E-state index in [2.05, 4.69) is 4.72 Å². The highest BCUT2D eigenvalue weighted by Crippen LogP contribution is 2.30. The molecule has 162 valence electrons. The van der Waals surface area contributed by atoms with Crippen LogP contribution < -0.4 is 4.72 Å². The standard InChI is InChI=1S/C21H23F3N2O3S/c1-15-5-2-3-12-26(15)20(27)17-10-8-16(9-11-17)14-25-30(28,29)19-7-4-6-18(13-19)21(22,23)24/h4,6-11,13,15,25H,2-3,5,12,14H2,1H3/t15-/m0/s1. The number of halogens is 3. The Morgan fingerprint density at radius 2 is 1.83 bits per heavy atom. The molecule has 0 aromatic heterocycles. The summed E-state index contributed by atoms with van der Waals surface area (Å²) in [4.78, 5) is 14.0. The van der Waals surface area contributed by atoms with Gasteiger partial charge >= 0.3 is 6.18 Å². The van der Waals surface area contributed by atoms with Crippen LogP contribution in [0.2, 0.25) is 0 Å². The lowest BCUT2D eigenvalue weighted by molar-refractivity contribution is -0.137. The molecule has 1 amide bonds. The molecule has 1 atom stereocenters. The SMILES string of the molecule is C[C@H]1CCCCN1C(=O)c1ccc(CNS(=O)(=O)c2cccc(C(F)(F)F)c2)cc1. The fourth-order valence-electron chi connectivity index (χ4n) is 3.43. The number of likely N-dealkylation sites (tertiary alicyclic amines) is 1. The molecule has 1 heterocycles. The number of sulfonamides is 1. The minimum Gasteiger partial charge on any atom is -0.336 e. The van der Waals surface area contributed by atoms with Crippen LogP contribution >= 0.6 is 0 Å². The van der Waals surface area contributed by atoms with Crippen molar-refractivity contribution in [2.45, 2.75) is 49.8 Å². The van der Waals surface area contributed by atoms with Crippen LogP contribution in [0.5, 0.6) is 0 Å². The molecule has 30 heavy (non-hydrogen) atoms. The number of piperidine rings is 1. The topological polar surface area (TPSA) is 66.5 Å². The van der Waals surface area contributed by atoms with E-state index in [1.807, 2.05) is 11.8 Å². The van der Waals surface area contributed by atoms with Crippen molar-refractivity contribution < 1.29 is 26.4 Å². The Balaban J connectivity index is 1.67. The highest BCUT2D eigenvalue weighted by molar-refractivity contribution is 7.89. The summed E-state index contributed by atoms with van der Waals surface area (Å²) >= 11 is 0. The first kappa shape index (κ1) is 22.3. The Bertz CT molecular complexity index is 1000. The lowest BCUT2D eigenvalue weighted by atomic mass is 10.0. The fraction of sp³-hybridized carbons (Fsp3) is 0.381. The Kier molecular flexibility index (Phi) is 6.52. The minimum atomic E-state index is -4.63. The molecular formula is C21H23F3N2O3S. The summed E-state index contributed by atoms with van der Waals surface area (Å²) in [6.45, 7) is 2.64. The second kappa shape index (κ2) is 8.77. The van der Waals surface area contributed by atoms with Crippen molar-refractivity contribution in [3.05, 3.63) is 65.2 Å². The van der Waals surface area contributed by atoms with Crippen LogP contribution in [0.15, 0.2) is 53.4 Å². The van der Waals surface area contributed by atoms with E-state index in [0.29, 0.717) is 17.2 Å². The molecule has 0 saturated carbocycles. The van der Waals surface area contributed by atoms with E-state index in [9.17, 15) is 26.4 Å². The van der Waals surface area contributed by atoms with Crippen molar-refractivity contribution >= 4 is 15.9 Å². The van der Waals surface area contributed by atoms with Gasteiger partial charge in [-0.1, -0.05) is 18.2 Å². The summed E-state index contributed by atoms with van der Waals surface area (Å²) in [6, 6.07) is 10.3. The molecule has 5 nitrogen and oxygen atoms in total. The molecule has 0 radical (unpaired) electrons. The Hall–Kier alpha value is -2.39. The molecule has 1 saturated heterocycles. The smallest absolute Gasteiger partial charge is 0.336 e. The summed E-state index contributed by atoms with van der Waals surface area (Å²) < 4.78 is 65.5. The van der Waals surface area contributed by atoms with Crippen molar-refractivity contribution in [3.63, 3.8) is 0 Å². The number of benzene rings is 2. The van der Waals surface area contributed by atoms with Crippen molar-refractivity contribution in [1.82, 2.24) is 9.62 Å². The molecule has 9 heteroatoms. The van der Waals surface area contributed by atoms with Crippen molar-refractivity contribution in [2.24, 2.45) is 0 Å². The predicted octanol–water partition coefficient (Wildman–Crippen LogP) is 4.20. The number of rotatable bonds is 5. The maximum atomic E-state index is 12.8. The van der Waals surface area contributed by atoms with Gasteiger partial charge in [-0.05, 0) is 62.1 Å². The molecule has 0 spiro atoms. The zero-order chi connectivity index (χ0) is 21.9. The molecule has 1 aliphatic rings. The molecule has 0 bridgehead atoms. The second-order valence-corrected chi connectivity index (χ2v) is 9.16. The molecule has 0 unspecified atom stereocenters. The maximum absolute atomic E-state index is 12.8. The van der Waals surface area contributed by atoms with Crippen LogP contribution in [-0.2, 0) is 22.7 Å². The zero-order valence-electron chi connectivity index (χ0n) is 16.4. The van der Waals surface area contributed by atoms with E-state index in [-0.39, 0.29) is 18.5 Å². The summed E-state index contributed by atoms with van der Waals surface area (Å²) in [5.41, 5.74) is 0.0854. The molecule has 1 aliphatic heterocycles. The lowest BCUT2D eigenvalue weighted by Gasteiger charge is -2.33. The first-order chi connectivity index (χ1) is 14.1. The lowest BCUT2D eigenvalue weighted by Crippen LogP contribution is -2.42. The highest BCUT2D eigenvalue weighted by atomic mass is 32.2. The zero-order valence-corrected chi connectivity index (χ0v) is 17.3. The quantitative estimate of drug-likeness (QED) is 0.758. The van der Waals surface area contributed by atoms with Crippen LogP contribution in [0.25, 0.3) is 0 Å². The van der Waals surface area contributed by atoms with Gasteiger partial charge in [0.1, 0.15) is 0 Å². The van der Waals surface area contributed by atoms with Gasteiger partial charge in [-0.3, -0.25) is 4.79 Å². The molecule has 1 N–H and O–H groups in total. The average Bonchev–Trinajstić information content (AvgIpc) is 2.72. The Labute approximate surface area is 173 Å². The van der Waals surface area contributed by atoms with Crippen LogP contribution in [0.4, 0.5) is 13.2 Å². The third kappa shape index (κ3) is 5.20. The second-order valence-electron chi connectivity index (χ2n) is 7.39. The average molecular weight is 440 g/mol. The monoisotopic (exact) mass is 440 g/mol. The van der Waals surface area contributed by atoms with Crippen LogP contribution in [-0.4, -0.2) is 31.8 Å². The van der Waals surface area contributed by atoms with E-state index in [0.717, 1.165) is 44.0 Å². The van der Waals surface area contributed by atoms with Gasteiger partial charge in [0.25, 0.3) is 5.91 Å². The maximum Gasteiger partial charge on any atom is 0.416 e. The van der Waals surface area contributed by atoms with Crippen molar-refractivity contribution in [1.29, 1.82) is 0 Å². The summed E-state index contributed by atoms with van der Waals surface area (Å²) in [6.07, 6.45) is -1.57. The Morgan fingerprint density at radius 1 is 1.13 bits per heavy atom.